The molecule has 4 heteroatoms. The molecule has 0 heterocycles. The van der Waals surface area contributed by atoms with Gasteiger partial charge in [-0.05, 0) is 58.7 Å². The lowest BCUT2D eigenvalue weighted by molar-refractivity contribution is -0.122. The van der Waals surface area contributed by atoms with Crippen molar-refractivity contribution in [2.24, 2.45) is 5.73 Å². The summed E-state index contributed by atoms with van der Waals surface area (Å²) in [7, 11) is 0. The second-order valence-electron chi connectivity index (χ2n) is 6.52. The van der Waals surface area contributed by atoms with Crippen LogP contribution < -0.4 is 15.8 Å². The smallest absolute Gasteiger partial charge is 0.220 e. The maximum atomic E-state index is 11.9. The number of nitrogens with two attached hydrogens (primary N) is 1. The van der Waals surface area contributed by atoms with Gasteiger partial charge in [0.05, 0.1) is 12.1 Å². The molecule has 0 bridgehead atoms. The third kappa shape index (κ3) is 7.14. The number of hydrogen-bond donors (Lipinski definition) is 2. The first-order valence-corrected chi connectivity index (χ1v) is 7.52. The molecular weight excluding hydrogens is 264 g/mol. The number of carbonyl (C=O) groups excluding carboxylic acids is 1. The second-order valence-corrected chi connectivity index (χ2v) is 6.52. The highest BCUT2D eigenvalue weighted by Gasteiger charge is 2.15. The maximum Gasteiger partial charge on any atom is 0.220 e. The van der Waals surface area contributed by atoms with E-state index in [1.54, 1.807) is 0 Å². The molecule has 0 saturated carbocycles. The maximum absolute atomic E-state index is 11.9. The zero-order valence-electron chi connectivity index (χ0n) is 13.8. The summed E-state index contributed by atoms with van der Waals surface area (Å²) in [5.41, 5.74) is 6.62. The van der Waals surface area contributed by atoms with Crippen molar-refractivity contribution < 1.29 is 9.53 Å². The Balaban J connectivity index is 2.58. The first kappa shape index (κ1) is 17.5. The fourth-order valence-electron chi connectivity index (χ4n) is 1.96. The van der Waals surface area contributed by atoms with Crippen molar-refractivity contribution in [3.05, 3.63) is 29.8 Å². The molecule has 3 N–H and O–H groups in total. The molecule has 4 nitrogen and oxygen atoms in total. The normalized spacial score (nSPS) is 13.1. The average Bonchev–Trinajstić information content (AvgIpc) is 2.35. The molecule has 0 aliphatic carbocycles. The predicted octanol–water partition coefficient (Wildman–Crippen LogP) is 3.17. The monoisotopic (exact) mass is 292 g/mol. The molecule has 1 aromatic carbocycles. The van der Waals surface area contributed by atoms with E-state index in [2.05, 4.69) is 5.32 Å². The van der Waals surface area contributed by atoms with E-state index in [1.807, 2.05) is 58.9 Å². The Morgan fingerprint density at radius 3 is 2.57 bits per heavy atom. The molecule has 1 unspecified atom stereocenters. The van der Waals surface area contributed by atoms with E-state index < -0.39 is 0 Å². The van der Waals surface area contributed by atoms with Crippen molar-refractivity contribution in [1.82, 2.24) is 5.32 Å². The van der Waals surface area contributed by atoms with Crippen LogP contribution >= 0.6 is 0 Å². The minimum absolute atomic E-state index is 0.0243. The summed E-state index contributed by atoms with van der Waals surface area (Å²) in [5.74, 6) is 0.850. The van der Waals surface area contributed by atoms with Crippen LogP contribution in [0.1, 0.15) is 59.1 Å². The highest BCUT2D eigenvalue weighted by Crippen LogP contribution is 2.20. The zero-order valence-corrected chi connectivity index (χ0v) is 13.8. The van der Waals surface area contributed by atoms with Gasteiger partial charge in [-0.1, -0.05) is 12.1 Å². The van der Waals surface area contributed by atoms with Gasteiger partial charge >= 0.3 is 0 Å². The molecule has 21 heavy (non-hydrogen) atoms. The summed E-state index contributed by atoms with van der Waals surface area (Å²) in [6.45, 7) is 9.81. The van der Waals surface area contributed by atoms with Crippen LogP contribution in [0.4, 0.5) is 0 Å². The van der Waals surface area contributed by atoms with Crippen molar-refractivity contribution in [2.75, 3.05) is 0 Å². The Kier molecular flexibility index (Phi) is 6.21. The standard InChI is InChI=1S/C17H28N2O2/c1-12(2)21-15-8-6-7-14(11-15)13(3)19-16(20)9-10-17(4,5)18/h6-8,11-13H,9-10,18H2,1-5H3,(H,19,20). The van der Waals surface area contributed by atoms with Gasteiger partial charge in [-0.15, -0.1) is 0 Å². The molecule has 0 aliphatic rings. The van der Waals surface area contributed by atoms with Gasteiger partial charge in [0.15, 0.2) is 0 Å². The summed E-state index contributed by atoms with van der Waals surface area (Å²) in [5, 5.41) is 3.00. The lowest BCUT2D eigenvalue weighted by Crippen LogP contribution is -2.35. The Morgan fingerprint density at radius 2 is 2.00 bits per heavy atom. The van der Waals surface area contributed by atoms with Crippen LogP contribution in [-0.4, -0.2) is 17.6 Å². The van der Waals surface area contributed by atoms with E-state index in [-0.39, 0.29) is 23.6 Å². The minimum atomic E-state index is -0.314. The number of ether oxygens (including phenoxy) is 1. The molecule has 1 amide bonds. The number of hydrogen-bond acceptors (Lipinski definition) is 3. The van der Waals surface area contributed by atoms with Crippen molar-refractivity contribution >= 4 is 5.91 Å². The third-order valence-electron chi connectivity index (χ3n) is 3.10. The number of benzene rings is 1. The van der Waals surface area contributed by atoms with Crippen LogP contribution in [0.2, 0.25) is 0 Å². The Morgan fingerprint density at radius 1 is 1.33 bits per heavy atom. The minimum Gasteiger partial charge on any atom is -0.491 e. The molecule has 0 aliphatic heterocycles. The molecule has 0 spiro atoms. The van der Waals surface area contributed by atoms with Crippen LogP contribution in [0, 0.1) is 0 Å². The summed E-state index contributed by atoms with van der Waals surface area (Å²) in [4.78, 5) is 11.9. The predicted molar refractivity (Wildman–Crippen MR) is 86.3 cm³/mol. The molecule has 0 fully saturated rings. The van der Waals surface area contributed by atoms with Gasteiger partial charge < -0.3 is 15.8 Å². The molecule has 0 saturated heterocycles. The molecule has 1 atom stereocenters. The average molecular weight is 292 g/mol. The van der Waals surface area contributed by atoms with Crippen LogP contribution in [0.3, 0.4) is 0 Å². The van der Waals surface area contributed by atoms with E-state index in [9.17, 15) is 4.79 Å². The molecule has 1 aromatic rings. The SMILES string of the molecule is CC(C)Oc1cccc(C(C)NC(=O)CCC(C)(C)N)c1. The Hall–Kier alpha value is -1.55. The summed E-state index contributed by atoms with van der Waals surface area (Å²) in [6, 6.07) is 7.78. The molecular formula is C17H28N2O2. The third-order valence-corrected chi connectivity index (χ3v) is 3.10. The fraction of sp³-hybridized carbons (Fsp3) is 0.588. The lowest BCUT2D eigenvalue weighted by Gasteiger charge is -2.20. The van der Waals surface area contributed by atoms with Gasteiger partial charge in [-0.2, -0.15) is 0 Å². The summed E-state index contributed by atoms with van der Waals surface area (Å²) >= 11 is 0. The van der Waals surface area contributed by atoms with Gasteiger partial charge in [0.25, 0.3) is 0 Å². The zero-order chi connectivity index (χ0) is 16.0. The Labute approximate surface area is 128 Å². The van der Waals surface area contributed by atoms with Crippen LogP contribution in [-0.2, 0) is 4.79 Å². The van der Waals surface area contributed by atoms with Gasteiger partial charge in [0.2, 0.25) is 5.91 Å². The molecule has 0 radical (unpaired) electrons. The highest BCUT2D eigenvalue weighted by atomic mass is 16.5. The van der Waals surface area contributed by atoms with E-state index >= 15 is 0 Å². The number of amides is 1. The van der Waals surface area contributed by atoms with Crippen LogP contribution in [0.25, 0.3) is 0 Å². The number of nitrogens with one attached hydrogen (secondary N) is 1. The van der Waals surface area contributed by atoms with Crippen molar-refractivity contribution in [2.45, 2.75) is 65.1 Å². The van der Waals surface area contributed by atoms with E-state index in [4.69, 9.17) is 10.5 Å². The quantitative estimate of drug-likeness (QED) is 0.811. The van der Waals surface area contributed by atoms with Gasteiger partial charge in [-0.25, -0.2) is 0 Å². The lowest BCUT2D eigenvalue weighted by atomic mass is 9.99. The first-order chi connectivity index (χ1) is 9.67. The van der Waals surface area contributed by atoms with Crippen molar-refractivity contribution in [3.8, 4) is 5.75 Å². The highest BCUT2D eigenvalue weighted by molar-refractivity contribution is 5.76. The van der Waals surface area contributed by atoms with Crippen molar-refractivity contribution in [1.29, 1.82) is 0 Å². The van der Waals surface area contributed by atoms with Gasteiger partial charge in [0.1, 0.15) is 5.75 Å². The topological polar surface area (TPSA) is 64.3 Å². The largest absolute Gasteiger partial charge is 0.491 e. The van der Waals surface area contributed by atoms with E-state index in [1.165, 1.54) is 0 Å². The summed E-state index contributed by atoms with van der Waals surface area (Å²) < 4.78 is 5.67. The number of carbonyl (C=O) groups is 1. The van der Waals surface area contributed by atoms with Crippen molar-refractivity contribution in [3.63, 3.8) is 0 Å². The molecule has 0 aromatic heterocycles. The van der Waals surface area contributed by atoms with Gasteiger partial charge in [0, 0.05) is 12.0 Å². The van der Waals surface area contributed by atoms with Gasteiger partial charge in [-0.3, -0.25) is 4.79 Å². The fourth-order valence-corrected chi connectivity index (χ4v) is 1.96. The molecule has 118 valence electrons. The van der Waals surface area contributed by atoms with Crippen LogP contribution in [0.5, 0.6) is 5.75 Å². The van der Waals surface area contributed by atoms with E-state index in [0.717, 1.165) is 11.3 Å². The Bertz CT molecular complexity index is 464. The van der Waals surface area contributed by atoms with E-state index in [0.29, 0.717) is 12.8 Å². The summed E-state index contributed by atoms with van der Waals surface area (Å²) in [6.07, 6.45) is 1.25. The molecule has 1 rings (SSSR count). The first-order valence-electron chi connectivity index (χ1n) is 7.52. The number of rotatable bonds is 7. The van der Waals surface area contributed by atoms with Crippen LogP contribution in [0.15, 0.2) is 24.3 Å². The second kappa shape index (κ2) is 7.46.